The quantitative estimate of drug-likeness (QED) is 0.205. The van der Waals surface area contributed by atoms with Gasteiger partial charge in [-0.25, -0.2) is 0 Å². The van der Waals surface area contributed by atoms with Crippen LogP contribution in [-0.4, -0.2) is 11.2 Å². The number of furan rings is 1. The maximum Gasteiger partial charge on any atom is 0.143 e. The van der Waals surface area contributed by atoms with Crippen molar-refractivity contribution in [1.29, 1.82) is 0 Å². The molecule has 0 saturated heterocycles. The Hall–Kier alpha value is -5.74. The van der Waals surface area contributed by atoms with Crippen molar-refractivity contribution in [2.24, 2.45) is 10.9 Å². The number of aromatic nitrogens is 1. The van der Waals surface area contributed by atoms with Gasteiger partial charge in [-0.05, 0) is 75.7 Å². The number of aliphatic imine (C=N–C) groups is 1. The summed E-state index contributed by atoms with van der Waals surface area (Å²) in [5.41, 5.74) is 14.8. The summed E-state index contributed by atoms with van der Waals surface area (Å²) in [7, 11) is 0. The minimum atomic E-state index is -0.494. The van der Waals surface area contributed by atoms with E-state index in [1.165, 1.54) is 44.5 Å². The Labute approximate surface area is 267 Å². The molecule has 2 unspecified atom stereocenters. The lowest BCUT2D eigenvalue weighted by atomic mass is 9.70. The van der Waals surface area contributed by atoms with Crippen LogP contribution in [0.15, 0.2) is 149 Å². The maximum absolute atomic E-state index is 6.71. The second-order valence-corrected chi connectivity index (χ2v) is 12.6. The topological polar surface area (TPSA) is 41.6 Å². The van der Waals surface area contributed by atoms with Gasteiger partial charge < -0.3 is 9.32 Å². The standard InChI is InChI=1S/C42H29N3O/c1-26-20-22-44-25-38(26)45(28-9-8-21-43-24-28)27-16-17-30-29-10-2-5-13-34(29)42(37(30)23-27)35-14-6-3-12-33(35)40-36(42)19-18-32-31-11-4-7-15-39(31)46-41(32)40/h2-19,21-26H,20H2,1H3. The van der Waals surface area contributed by atoms with E-state index in [1.807, 2.05) is 36.9 Å². The zero-order valence-corrected chi connectivity index (χ0v) is 25.3. The summed E-state index contributed by atoms with van der Waals surface area (Å²) in [6.07, 6.45) is 8.70. The fraction of sp³-hybridized carbons (Fsp3) is 0.0952. The SMILES string of the molecule is CC1CC=NC=C1N(c1cccnc1)c1ccc2c(c1)C1(c3ccccc3-2)c2ccccc2-c2c1ccc1c2oc2ccccc21. The van der Waals surface area contributed by atoms with E-state index in [0.29, 0.717) is 5.92 Å². The van der Waals surface area contributed by atoms with E-state index < -0.39 is 5.41 Å². The molecule has 3 heterocycles. The van der Waals surface area contributed by atoms with Crippen molar-refractivity contribution in [2.45, 2.75) is 18.8 Å². The summed E-state index contributed by atoms with van der Waals surface area (Å²) in [4.78, 5) is 11.5. The van der Waals surface area contributed by atoms with E-state index in [4.69, 9.17) is 4.42 Å². The highest BCUT2D eigenvalue weighted by Gasteiger charge is 2.52. The fourth-order valence-electron chi connectivity index (χ4n) is 8.34. The number of allylic oxidation sites excluding steroid dienone is 1. The van der Waals surface area contributed by atoms with Gasteiger partial charge in [0.15, 0.2) is 0 Å². The van der Waals surface area contributed by atoms with Gasteiger partial charge in [-0.15, -0.1) is 0 Å². The van der Waals surface area contributed by atoms with Gasteiger partial charge in [-0.2, -0.15) is 0 Å². The van der Waals surface area contributed by atoms with Gasteiger partial charge in [-0.1, -0.05) is 91.9 Å². The fourth-order valence-corrected chi connectivity index (χ4v) is 8.34. The smallest absolute Gasteiger partial charge is 0.143 e. The van der Waals surface area contributed by atoms with Gasteiger partial charge in [0.1, 0.15) is 11.2 Å². The Morgan fingerprint density at radius 2 is 1.48 bits per heavy atom. The highest BCUT2D eigenvalue weighted by molar-refractivity contribution is 6.13. The number of hydrogen-bond acceptors (Lipinski definition) is 4. The molecule has 4 heteroatoms. The number of pyridine rings is 1. The second kappa shape index (κ2) is 9.38. The number of benzene rings is 5. The minimum absolute atomic E-state index is 0.311. The molecule has 0 amide bonds. The Morgan fingerprint density at radius 1 is 0.696 bits per heavy atom. The molecule has 218 valence electrons. The molecule has 2 aromatic heterocycles. The van der Waals surface area contributed by atoms with E-state index in [1.54, 1.807) is 0 Å². The lowest BCUT2D eigenvalue weighted by Gasteiger charge is -2.34. The summed E-state index contributed by atoms with van der Waals surface area (Å²) in [5.74, 6) is 0.311. The summed E-state index contributed by atoms with van der Waals surface area (Å²) in [6, 6.07) is 42.0. The van der Waals surface area contributed by atoms with Crippen LogP contribution in [0.1, 0.15) is 35.6 Å². The number of anilines is 2. The van der Waals surface area contributed by atoms with Crippen LogP contribution in [0.3, 0.4) is 0 Å². The van der Waals surface area contributed by atoms with Gasteiger partial charge in [0.2, 0.25) is 0 Å². The van der Waals surface area contributed by atoms with E-state index in [-0.39, 0.29) is 0 Å². The predicted molar refractivity (Wildman–Crippen MR) is 187 cm³/mol. The molecule has 4 nitrogen and oxygen atoms in total. The molecule has 1 spiro atoms. The van der Waals surface area contributed by atoms with E-state index in [2.05, 4.69) is 125 Å². The third-order valence-corrected chi connectivity index (χ3v) is 10.3. The third kappa shape index (κ3) is 3.23. The number of nitrogens with zero attached hydrogens (tertiary/aromatic N) is 3. The number of fused-ring (bicyclic) bond motifs is 14. The van der Waals surface area contributed by atoms with Crippen LogP contribution < -0.4 is 4.90 Å². The number of rotatable bonds is 3. The molecular weight excluding hydrogens is 562 g/mol. The van der Waals surface area contributed by atoms with Crippen molar-refractivity contribution in [3.8, 4) is 22.3 Å². The van der Waals surface area contributed by atoms with Crippen molar-refractivity contribution in [2.75, 3.05) is 4.90 Å². The van der Waals surface area contributed by atoms with Crippen molar-refractivity contribution in [3.63, 3.8) is 0 Å². The van der Waals surface area contributed by atoms with Crippen LogP contribution in [0.4, 0.5) is 11.4 Å². The zero-order chi connectivity index (χ0) is 30.4. The number of para-hydroxylation sites is 1. The van der Waals surface area contributed by atoms with Crippen LogP contribution in [0, 0.1) is 5.92 Å². The average Bonchev–Trinajstić information content (AvgIpc) is 3.73. The molecule has 5 aromatic carbocycles. The molecule has 46 heavy (non-hydrogen) atoms. The largest absolute Gasteiger partial charge is 0.455 e. The minimum Gasteiger partial charge on any atom is -0.455 e. The van der Waals surface area contributed by atoms with Crippen LogP contribution in [0.2, 0.25) is 0 Å². The van der Waals surface area contributed by atoms with Crippen LogP contribution in [0.5, 0.6) is 0 Å². The molecule has 0 saturated carbocycles. The summed E-state index contributed by atoms with van der Waals surface area (Å²) >= 11 is 0. The molecule has 2 aliphatic carbocycles. The highest BCUT2D eigenvalue weighted by atomic mass is 16.3. The summed E-state index contributed by atoms with van der Waals surface area (Å²) < 4.78 is 6.71. The monoisotopic (exact) mass is 591 g/mol. The summed E-state index contributed by atoms with van der Waals surface area (Å²) in [6.45, 7) is 2.27. The van der Waals surface area contributed by atoms with Crippen molar-refractivity contribution in [1.82, 2.24) is 4.98 Å². The van der Waals surface area contributed by atoms with Crippen molar-refractivity contribution < 1.29 is 4.42 Å². The Balaban J connectivity index is 1.30. The van der Waals surface area contributed by atoms with Crippen LogP contribution in [0.25, 0.3) is 44.2 Å². The molecule has 1 aliphatic heterocycles. The molecule has 0 bridgehead atoms. The van der Waals surface area contributed by atoms with Crippen LogP contribution in [-0.2, 0) is 5.41 Å². The van der Waals surface area contributed by atoms with Crippen molar-refractivity contribution in [3.05, 3.63) is 162 Å². The molecule has 0 N–H and O–H groups in total. The van der Waals surface area contributed by atoms with E-state index in [0.717, 1.165) is 45.4 Å². The molecule has 2 atom stereocenters. The first-order valence-electron chi connectivity index (χ1n) is 16.0. The lowest BCUT2D eigenvalue weighted by Crippen LogP contribution is -2.27. The molecule has 3 aliphatic rings. The van der Waals surface area contributed by atoms with Gasteiger partial charge in [0.25, 0.3) is 0 Å². The van der Waals surface area contributed by atoms with Gasteiger partial charge >= 0.3 is 0 Å². The molecular formula is C42H29N3O. The first kappa shape index (κ1) is 25.6. The first-order chi connectivity index (χ1) is 22.7. The molecule has 0 radical (unpaired) electrons. The zero-order valence-electron chi connectivity index (χ0n) is 25.3. The average molecular weight is 592 g/mol. The first-order valence-corrected chi connectivity index (χ1v) is 16.0. The predicted octanol–water partition coefficient (Wildman–Crippen LogP) is 10.4. The highest BCUT2D eigenvalue weighted by Crippen LogP contribution is 2.64. The third-order valence-electron chi connectivity index (χ3n) is 10.3. The van der Waals surface area contributed by atoms with E-state index >= 15 is 0 Å². The molecule has 0 fully saturated rings. The Kier molecular flexibility index (Phi) is 5.22. The van der Waals surface area contributed by atoms with Crippen LogP contribution >= 0.6 is 0 Å². The Morgan fingerprint density at radius 3 is 2.33 bits per heavy atom. The Bertz CT molecular complexity index is 2440. The molecule has 10 rings (SSSR count). The van der Waals surface area contributed by atoms with E-state index in [9.17, 15) is 0 Å². The maximum atomic E-state index is 6.71. The second-order valence-electron chi connectivity index (χ2n) is 12.6. The normalized spacial score (nSPS) is 18.8. The van der Waals surface area contributed by atoms with Gasteiger partial charge in [-0.3, -0.25) is 9.98 Å². The molecule has 7 aromatic rings. The van der Waals surface area contributed by atoms with Gasteiger partial charge in [0.05, 0.1) is 17.3 Å². The van der Waals surface area contributed by atoms with Gasteiger partial charge in [0, 0.05) is 52.2 Å². The lowest BCUT2D eigenvalue weighted by molar-refractivity contribution is 0.669. The number of hydrogen-bond donors (Lipinski definition) is 0. The summed E-state index contributed by atoms with van der Waals surface area (Å²) in [5, 5.41) is 2.31. The van der Waals surface area contributed by atoms with Crippen molar-refractivity contribution >= 4 is 39.5 Å².